The third kappa shape index (κ3) is 4.47. The number of amides is 1. The van der Waals surface area contributed by atoms with Gasteiger partial charge in [0.25, 0.3) is 5.91 Å². The maximum Gasteiger partial charge on any atom is 0.338 e. The molecule has 0 aromatic heterocycles. The molecule has 0 bridgehead atoms. The first-order valence-corrected chi connectivity index (χ1v) is 10.8. The van der Waals surface area contributed by atoms with Crippen LogP contribution in [-0.2, 0) is 9.53 Å². The Labute approximate surface area is 196 Å². The van der Waals surface area contributed by atoms with E-state index >= 15 is 0 Å². The Kier molecular flexibility index (Phi) is 6.45. The zero-order valence-corrected chi connectivity index (χ0v) is 18.7. The van der Waals surface area contributed by atoms with E-state index in [1.54, 1.807) is 60.4 Å². The zero-order chi connectivity index (χ0) is 22.7. The average Bonchev–Trinajstić information content (AvgIpc) is 3.11. The molecule has 0 saturated carbocycles. The number of carbonyl (C=O) groups is 2. The molecule has 1 aliphatic rings. The number of esters is 1. The van der Waals surface area contributed by atoms with Gasteiger partial charge in [0.2, 0.25) is 0 Å². The van der Waals surface area contributed by atoms with Crippen molar-refractivity contribution >= 4 is 52.5 Å². The van der Waals surface area contributed by atoms with E-state index < -0.39 is 0 Å². The zero-order valence-electron chi connectivity index (χ0n) is 17.2. The fourth-order valence-corrected chi connectivity index (χ4v) is 3.94. The lowest BCUT2D eigenvalue weighted by molar-refractivity contribution is -0.113. The molecule has 1 heterocycles. The van der Waals surface area contributed by atoms with Gasteiger partial charge in [-0.15, -0.1) is 0 Å². The molecule has 4 rings (SSSR count). The molecule has 0 saturated heterocycles. The molecular formula is C26H19Cl2NO3. The maximum absolute atomic E-state index is 13.4. The minimum atomic E-state index is -0.376. The number of carbonyl (C=O) groups excluding carboxylic acids is 2. The Morgan fingerprint density at radius 3 is 2.38 bits per heavy atom. The number of anilines is 1. The molecule has 0 atom stereocenters. The average molecular weight is 464 g/mol. The van der Waals surface area contributed by atoms with Crippen LogP contribution in [0, 0.1) is 0 Å². The maximum atomic E-state index is 13.4. The molecular weight excluding hydrogens is 445 g/mol. The fraction of sp³-hybridized carbons (Fsp3) is 0.0769. The molecule has 0 aliphatic carbocycles. The highest BCUT2D eigenvalue weighted by Gasteiger charge is 2.31. The van der Waals surface area contributed by atoms with Crippen LogP contribution < -0.4 is 4.90 Å². The third-order valence-corrected chi connectivity index (χ3v) is 5.49. The quantitative estimate of drug-likeness (QED) is 0.314. The van der Waals surface area contributed by atoms with E-state index in [2.05, 4.69) is 0 Å². The summed E-state index contributed by atoms with van der Waals surface area (Å²) in [4.78, 5) is 26.9. The van der Waals surface area contributed by atoms with Gasteiger partial charge in [-0.25, -0.2) is 4.79 Å². The molecule has 0 spiro atoms. The molecule has 0 unspecified atom stereocenters. The summed E-state index contributed by atoms with van der Waals surface area (Å²) in [5, 5.41) is 0.876. The Morgan fingerprint density at radius 2 is 1.72 bits per heavy atom. The molecule has 4 nitrogen and oxygen atoms in total. The van der Waals surface area contributed by atoms with E-state index in [1.165, 1.54) is 0 Å². The summed E-state index contributed by atoms with van der Waals surface area (Å²) in [5.74, 6) is -0.582. The fourth-order valence-electron chi connectivity index (χ4n) is 3.45. The second-order valence-electron chi connectivity index (χ2n) is 7.07. The van der Waals surface area contributed by atoms with Crippen LogP contribution in [0.2, 0.25) is 10.0 Å². The van der Waals surface area contributed by atoms with Crippen LogP contribution in [-0.4, -0.2) is 18.5 Å². The highest BCUT2D eigenvalue weighted by molar-refractivity contribution is 6.38. The van der Waals surface area contributed by atoms with Crippen molar-refractivity contribution in [1.29, 1.82) is 0 Å². The van der Waals surface area contributed by atoms with Crippen LogP contribution in [0.3, 0.4) is 0 Å². The van der Waals surface area contributed by atoms with Gasteiger partial charge in [0, 0.05) is 10.6 Å². The van der Waals surface area contributed by atoms with Gasteiger partial charge in [-0.1, -0.05) is 65.7 Å². The van der Waals surface area contributed by atoms with Crippen molar-refractivity contribution in [3.05, 3.63) is 111 Å². The second-order valence-corrected chi connectivity index (χ2v) is 7.92. The lowest BCUT2D eigenvalue weighted by Gasteiger charge is -2.22. The van der Waals surface area contributed by atoms with Crippen molar-refractivity contribution in [1.82, 2.24) is 0 Å². The monoisotopic (exact) mass is 463 g/mol. The van der Waals surface area contributed by atoms with E-state index in [0.29, 0.717) is 39.2 Å². The van der Waals surface area contributed by atoms with Crippen LogP contribution in [0.15, 0.2) is 84.4 Å². The van der Waals surface area contributed by atoms with Gasteiger partial charge in [0.05, 0.1) is 28.6 Å². The predicted octanol–water partition coefficient (Wildman–Crippen LogP) is 6.64. The molecule has 0 radical (unpaired) electrons. The van der Waals surface area contributed by atoms with Crippen molar-refractivity contribution in [3.8, 4) is 0 Å². The summed E-state index contributed by atoms with van der Waals surface area (Å²) in [6.07, 6.45) is 3.62. The summed E-state index contributed by atoms with van der Waals surface area (Å²) in [5.41, 5.74) is 3.90. The van der Waals surface area contributed by atoms with Crippen LogP contribution in [0.25, 0.3) is 11.8 Å². The van der Waals surface area contributed by atoms with Crippen LogP contribution >= 0.6 is 23.2 Å². The van der Waals surface area contributed by atoms with Crippen molar-refractivity contribution in [2.75, 3.05) is 11.5 Å². The van der Waals surface area contributed by atoms with Crippen molar-refractivity contribution < 1.29 is 14.3 Å². The molecule has 1 amide bonds. The number of hydrogen-bond acceptors (Lipinski definition) is 3. The van der Waals surface area contributed by atoms with E-state index in [0.717, 1.165) is 11.1 Å². The number of benzene rings is 3. The molecule has 32 heavy (non-hydrogen) atoms. The Balaban J connectivity index is 1.74. The Morgan fingerprint density at radius 1 is 1.00 bits per heavy atom. The van der Waals surface area contributed by atoms with E-state index in [1.807, 2.05) is 36.4 Å². The number of hydrogen-bond donors (Lipinski definition) is 0. The normalized spacial score (nSPS) is 14.6. The van der Waals surface area contributed by atoms with Gasteiger partial charge >= 0.3 is 5.97 Å². The Hall–Kier alpha value is -3.34. The molecule has 1 aliphatic heterocycles. The topological polar surface area (TPSA) is 46.6 Å². The first-order chi connectivity index (χ1) is 15.5. The summed E-state index contributed by atoms with van der Waals surface area (Å²) in [7, 11) is 0. The van der Waals surface area contributed by atoms with E-state index in [9.17, 15) is 9.59 Å². The lowest BCUT2D eigenvalue weighted by atomic mass is 10.1. The van der Waals surface area contributed by atoms with E-state index in [4.69, 9.17) is 27.9 Å². The summed E-state index contributed by atoms with van der Waals surface area (Å²) < 4.78 is 5.02. The summed E-state index contributed by atoms with van der Waals surface area (Å²) in [6, 6.07) is 21.6. The molecule has 6 heteroatoms. The number of rotatable bonds is 5. The number of ether oxygens (including phenoxy) is 1. The van der Waals surface area contributed by atoms with Gasteiger partial charge in [-0.2, -0.15) is 0 Å². The van der Waals surface area contributed by atoms with Gasteiger partial charge in [0.1, 0.15) is 0 Å². The SMILES string of the molecule is CCOC(=O)c1ccc(/C=C2\C=C(c3ccccc3)N(c3ccc(Cl)cc3Cl)C2=O)cc1. The third-order valence-electron chi connectivity index (χ3n) is 4.95. The Bertz CT molecular complexity index is 1230. The minimum Gasteiger partial charge on any atom is -0.462 e. The first-order valence-electron chi connectivity index (χ1n) is 10.0. The van der Waals surface area contributed by atoms with Crippen molar-refractivity contribution in [2.45, 2.75) is 6.92 Å². The number of nitrogens with zero attached hydrogens (tertiary/aromatic N) is 1. The molecule has 3 aromatic rings. The lowest BCUT2D eigenvalue weighted by Crippen LogP contribution is -2.25. The van der Waals surface area contributed by atoms with Gasteiger partial charge in [0.15, 0.2) is 0 Å². The molecule has 160 valence electrons. The first kappa shape index (κ1) is 21.9. The van der Waals surface area contributed by atoms with Crippen LogP contribution in [0.1, 0.15) is 28.4 Å². The van der Waals surface area contributed by atoms with E-state index in [-0.39, 0.29) is 11.9 Å². The van der Waals surface area contributed by atoms with Gasteiger partial charge < -0.3 is 4.74 Å². The van der Waals surface area contributed by atoms with Gasteiger partial charge in [-0.05, 0) is 60.5 Å². The minimum absolute atomic E-state index is 0.206. The summed E-state index contributed by atoms with van der Waals surface area (Å²) in [6.45, 7) is 2.08. The number of halogens is 2. The van der Waals surface area contributed by atoms with Gasteiger partial charge in [-0.3, -0.25) is 9.69 Å². The summed E-state index contributed by atoms with van der Waals surface area (Å²) >= 11 is 12.5. The molecule has 3 aromatic carbocycles. The second kappa shape index (κ2) is 9.43. The van der Waals surface area contributed by atoms with Crippen LogP contribution in [0.4, 0.5) is 5.69 Å². The predicted molar refractivity (Wildman–Crippen MR) is 129 cm³/mol. The molecule has 0 N–H and O–H groups in total. The largest absolute Gasteiger partial charge is 0.462 e. The highest BCUT2D eigenvalue weighted by Crippen LogP contribution is 2.39. The molecule has 0 fully saturated rings. The van der Waals surface area contributed by atoms with Crippen LogP contribution in [0.5, 0.6) is 0 Å². The smallest absolute Gasteiger partial charge is 0.338 e. The highest BCUT2D eigenvalue weighted by atomic mass is 35.5. The van der Waals surface area contributed by atoms with Crippen molar-refractivity contribution in [2.24, 2.45) is 0 Å². The van der Waals surface area contributed by atoms with Crippen molar-refractivity contribution in [3.63, 3.8) is 0 Å². The standard InChI is InChI=1S/C26H19Cl2NO3/c1-2-32-26(31)19-10-8-17(9-11-19)14-20-15-24(18-6-4-3-5-7-18)29(25(20)30)23-13-12-21(27)16-22(23)28/h3-16H,2H2,1H3/b20-14+.